The fourth-order valence-electron chi connectivity index (χ4n) is 3.41. The molecule has 1 amide bonds. The Hall–Kier alpha value is -2.14. The third-order valence-corrected chi connectivity index (χ3v) is 4.82. The number of fused-ring (bicyclic) bond motifs is 1. The molecule has 5 nitrogen and oxygen atoms in total. The van der Waals surface area contributed by atoms with Gasteiger partial charge in [0, 0.05) is 31.5 Å². The van der Waals surface area contributed by atoms with Gasteiger partial charge in [-0.05, 0) is 44.0 Å². The molecule has 2 aliphatic heterocycles. The van der Waals surface area contributed by atoms with Crippen LogP contribution in [0, 0.1) is 12.8 Å². The highest BCUT2D eigenvalue weighted by molar-refractivity contribution is 5.98. The number of carbonyl (C=O) groups is 1. The van der Waals surface area contributed by atoms with Crippen LogP contribution in [-0.2, 0) is 0 Å². The van der Waals surface area contributed by atoms with Gasteiger partial charge < -0.3 is 10.2 Å². The fraction of sp³-hybridized carbons (Fsp3) is 0.412. The molecule has 2 saturated heterocycles. The molecule has 2 aromatic rings. The molecule has 2 atom stereocenters. The third kappa shape index (κ3) is 2.22. The molecular weight excluding hydrogens is 276 g/mol. The summed E-state index contributed by atoms with van der Waals surface area (Å²) >= 11 is 0. The number of hydrogen-bond acceptors (Lipinski definition) is 3. The standard InChI is InChI=1S/C17H20N4O/c1-12-3-4-16(21-7-2-6-19-21)14(9-12)17(22)20-8-5-13-10-18-15(13)11-20/h2-4,6-7,9,13,15,18H,5,8,10-11H2,1H3/t13-,15?/m0/s1. The Balaban J connectivity index is 1.66. The predicted octanol–water partition coefficient (Wildman–Crippen LogP) is 1.61. The SMILES string of the molecule is Cc1ccc(-n2cccn2)c(C(=O)N2CC[C@H]3CNC3C2)c1. The van der Waals surface area contributed by atoms with Gasteiger partial charge >= 0.3 is 0 Å². The van der Waals surface area contributed by atoms with E-state index in [0.717, 1.165) is 48.8 Å². The van der Waals surface area contributed by atoms with Gasteiger partial charge in [-0.3, -0.25) is 4.79 Å². The van der Waals surface area contributed by atoms with Gasteiger partial charge in [-0.15, -0.1) is 0 Å². The van der Waals surface area contributed by atoms with E-state index in [1.54, 1.807) is 10.9 Å². The molecule has 0 aliphatic carbocycles. The summed E-state index contributed by atoms with van der Waals surface area (Å²) in [5.74, 6) is 0.869. The van der Waals surface area contributed by atoms with Crippen LogP contribution in [0.4, 0.5) is 0 Å². The molecule has 0 saturated carbocycles. The lowest BCUT2D eigenvalue weighted by Crippen LogP contribution is -2.62. The summed E-state index contributed by atoms with van der Waals surface area (Å²) in [6, 6.07) is 8.32. The lowest BCUT2D eigenvalue weighted by atomic mass is 9.84. The number of nitrogens with zero attached hydrogens (tertiary/aromatic N) is 3. The first-order valence-electron chi connectivity index (χ1n) is 7.86. The summed E-state index contributed by atoms with van der Waals surface area (Å²) in [6.45, 7) is 4.79. The van der Waals surface area contributed by atoms with Gasteiger partial charge in [-0.1, -0.05) is 11.6 Å². The van der Waals surface area contributed by atoms with Crippen molar-refractivity contribution in [2.24, 2.45) is 5.92 Å². The van der Waals surface area contributed by atoms with E-state index in [1.807, 2.05) is 42.3 Å². The Morgan fingerprint density at radius 1 is 1.41 bits per heavy atom. The van der Waals surface area contributed by atoms with Gasteiger partial charge in [-0.2, -0.15) is 5.10 Å². The number of aromatic nitrogens is 2. The Morgan fingerprint density at radius 3 is 3.00 bits per heavy atom. The molecule has 0 spiro atoms. The predicted molar refractivity (Wildman–Crippen MR) is 84.1 cm³/mol. The van der Waals surface area contributed by atoms with E-state index in [9.17, 15) is 4.79 Å². The summed E-state index contributed by atoms with van der Waals surface area (Å²) in [7, 11) is 0. The second kappa shape index (κ2) is 5.25. The normalized spacial score (nSPS) is 23.8. The van der Waals surface area contributed by atoms with Crippen LogP contribution in [0.5, 0.6) is 0 Å². The van der Waals surface area contributed by atoms with Crippen LogP contribution in [0.2, 0.25) is 0 Å². The lowest BCUT2D eigenvalue weighted by Gasteiger charge is -2.46. The van der Waals surface area contributed by atoms with Crippen molar-refractivity contribution < 1.29 is 4.79 Å². The van der Waals surface area contributed by atoms with Crippen LogP contribution in [-0.4, -0.2) is 46.3 Å². The number of carbonyl (C=O) groups excluding carboxylic acids is 1. The summed E-state index contributed by atoms with van der Waals surface area (Å²) in [5, 5.41) is 7.70. The van der Waals surface area contributed by atoms with Gasteiger partial charge in [0.15, 0.2) is 0 Å². The van der Waals surface area contributed by atoms with E-state index in [1.165, 1.54) is 0 Å². The summed E-state index contributed by atoms with van der Waals surface area (Å²) in [6.07, 6.45) is 4.71. The maximum absolute atomic E-state index is 13.0. The molecule has 0 bridgehead atoms. The highest BCUT2D eigenvalue weighted by Gasteiger charge is 2.37. The molecule has 4 rings (SSSR count). The van der Waals surface area contributed by atoms with Crippen molar-refractivity contribution in [1.82, 2.24) is 20.0 Å². The monoisotopic (exact) mass is 296 g/mol. The van der Waals surface area contributed by atoms with Crippen molar-refractivity contribution in [2.45, 2.75) is 19.4 Å². The molecule has 1 unspecified atom stereocenters. The fourth-order valence-corrected chi connectivity index (χ4v) is 3.41. The van der Waals surface area contributed by atoms with Gasteiger partial charge in [-0.25, -0.2) is 4.68 Å². The number of amides is 1. The van der Waals surface area contributed by atoms with E-state index >= 15 is 0 Å². The summed E-state index contributed by atoms with van der Waals surface area (Å²) < 4.78 is 1.76. The molecule has 3 heterocycles. The van der Waals surface area contributed by atoms with Crippen molar-refractivity contribution in [2.75, 3.05) is 19.6 Å². The van der Waals surface area contributed by atoms with Crippen LogP contribution in [0.1, 0.15) is 22.3 Å². The second-order valence-electron chi connectivity index (χ2n) is 6.29. The summed E-state index contributed by atoms with van der Waals surface area (Å²) in [4.78, 5) is 15.0. The summed E-state index contributed by atoms with van der Waals surface area (Å²) in [5.41, 5.74) is 2.68. The second-order valence-corrected chi connectivity index (χ2v) is 6.29. The third-order valence-electron chi connectivity index (χ3n) is 4.82. The van der Waals surface area contributed by atoms with Crippen LogP contribution < -0.4 is 5.32 Å². The molecule has 1 N–H and O–H groups in total. The maximum atomic E-state index is 13.0. The minimum Gasteiger partial charge on any atom is -0.337 e. The first-order chi connectivity index (χ1) is 10.7. The smallest absolute Gasteiger partial charge is 0.256 e. The zero-order chi connectivity index (χ0) is 15.1. The van der Waals surface area contributed by atoms with Crippen LogP contribution in [0.3, 0.4) is 0 Å². The van der Waals surface area contributed by atoms with Crippen molar-refractivity contribution in [3.05, 3.63) is 47.8 Å². The van der Waals surface area contributed by atoms with E-state index in [-0.39, 0.29) is 5.91 Å². The average molecular weight is 296 g/mol. The Kier molecular flexibility index (Phi) is 3.22. The van der Waals surface area contributed by atoms with Crippen molar-refractivity contribution in [1.29, 1.82) is 0 Å². The number of benzene rings is 1. The molecule has 114 valence electrons. The van der Waals surface area contributed by atoms with E-state index in [4.69, 9.17) is 0 Å². The van der Waals surface area contributed by atoms with Crippen molar-refractivity contribution in [3.8, 4) is 5.69 Å². The largest absolute Gasteiger partial charge is 0.337 e. The zero-order valence-corrected chi connectivity index (χ0v) is 12.7. The number of likely N-dealkylation sites (tertiary alicyclic amines) is 1. The molecule has 1 aromatic heterocycles. The van der Waals surface area contributed by atoms with Gasteiger partial charge in [0.1, 0.15) is 0 Å². The van der Waals surface area contributed by atoms with E-state index < -0.39 is 0 Å². The van der Waals surface area contributed by atoms with Crippen LogP contribution in [0.15, 0.2) is 36.7 Å². The molecule has 22 heavy (non-hydrogen) atoms. The van der Waals surface area contributed by atoms with Crippen molar-refractivity contribution >= 4 is 5.91 Å². The highest BCUT2D eigenvalue weighted by atomic mass is 16.2. The number of nitrogens with one attached hydrogen (secondary N) is 1. The number of piperidine rings is 1. The van der Waals surface area contributed by atoms with Gasteiger partial charge in [0.05, 0.1) is 11.3 Å². The first kappa shape index (κ1) is 13.5. The number of hydrogen-bond donors (Lipinski definition) is 1. The van der Waals surface area contributed by atoms with Crippen molar-refractivity contribution in [3.63, 3.8) is 0 Å². The lowest BCUT2D eigenvalue weighted by molar-refractivity contribution is 0.0518. The van der Waals surface area contributed by atoms with Crippen LogP contribution >= 0.6 is 0 Å². The average Bonchev–Trinajstić information content (AvgIpc) is 3.02. The molecule has 5 heteroatoms. The maximum Gasteiger partial charge on any atom is 0.256 e. The quantitative estimate of drug-likeness (QED) is 0.916. The van der Waals surface area contributed by atoms with Gasteiger partial charge in [0.25, 0.3) is 5.91 Å². The number of rotatable bonds is 2. The molecule has 2 aliphatic rings. The zero-order valence-electron chi connectivity index (χ0n) is 12.7. The Bertz CT molecular complexity index is 695. The minimum absolute atomic E-state index is 0.112. The van der Waals surface area contributed by atoms with E-state index in [0.29, 0.717) is 6.04 Å². The van der Waals surface area contributed by atoms with Gasteiger partial charge in [0.2, 0.25) is 0 Å². The molecule has 0 radical (unpaired) electrons. The van der Waals surface area contributed by atoms with E-state index in [2.05, 4.69) is 10.4 Å². The Morgan fingerprint density at radius 2 is 2.32 bits per heavy atom. The molecular formula is C17H20N4O. The number of aryl methyl sites for hydroxylation is 1. The first-order valence-corrected chi connectivity index (χ1v) is 7.86. The molecule has 2 fully saturated rings. The topological polar surface area (TPSA) is 50.2 Å². The molecule has 1 aromatic carbocycles. The van der Waals surface area contributed by atoms with Crippen LogP contribution in [0.25, 0.3) is 5.69 Å². The highest BCUT2D eigenvalue weighted by Crippen LogP contribution is 2.26. The minimum atomic E-state index is 0.112. The Labute approximate surface area is 129 Å².